The van der Waals surface area contributed by atoms with Crippen LogP contribution in [0.4, 0.5) is 0 Å². The van der Waals surface area contributed by atoms with Gasteiger partial charge in [-0.3, -0.25) is 24.1 Å². The number of nitrogens with zero attached hydrogens (tertiary/aromatic N) is 1. The monoisotopic (exact) mass is 357 g/mol. The summed E-state index contributed by atoms with van der Waals surface area (Å²) in [5.74, 6) is -1.20. The summed E-state index contributed by atoms with van der Waals surface area (Å²) in [4.78, 5) is 49.3. The summed E-state index contributed by atoms with van der Waals surface area (Å²) in [7, 11) is 0. The van der Waals surface area contributed by atoms with E-state index in [4.69, 9.17) is 0 Å². The fourth-order valence-electron chi connectivity index (χ4n) is 3.11. The SMILES string of the molecule is Cc1ccc2c(c1)C(=O)N(CCCNC(=O)CC(=O)NC1CCC1)C2=O. The molecule has 1 aliphatic carbocycles. The highest BCUT2D eigenvalue weighted by Crippen LogP contribution is 2.23. The molecule has 0 saturated heterocycles. The standard InChI is InChI=1S/C19H23N3O4/c1-12-6-7-14-15(10-12)19(26)22(18(14)25)9-3-8-20-16(23)11-17(24)21-13-4-2-5-13/h6-7,10,13H,2-5,8-9,11H2,1H3,(H,20,23)(H,21,24). The van der Waals surface area contributed by atoms with Crippen molar-refractivity contribution < 1.29 is 19.2 Å². The van der Waals surface area contributed by atoms with Gasteiger partial charge in [-0.25, -0.2) is 0 Å². The topological polar surface area (TPSA) is 95.6 Å². The average Bonchev–Trinajstić information content (AvgIpc) is 2.79. The van der Waals surface area contributed by atoms with Gasteiger partial charge in [0.25, 0.3) is 11.8 Å². The molecule has 2 aliphatic rings. The molecule has 0 aromatic heterocycles. The summed E-state index contributed by atoms with van der Waals surface area (Å²) in [6.45, 7) is 2.42. The Hall–Kier alpha value is -2.70. The van der Waals surface area contributed by atoms with E-state index in [2.05, 4.69) is 10.6 Å². The van der Waals surface area contributed by atoms with Crippen LogP contribution in [0.1, 0.15) is 58.4 Å². The first kappa shape index (κ1) is 18.1. The smallest absolute Gasteiger partial charge is 0.261 e. The minimum absolute atomic E-state index is 0.192. The Kier molecular flexibility index (Phi) is 5.35. The summed E-state index contributed by atoms with van der Waals surface area (Å²) >= 11 is 0. The van der Waals surface area contributed by atoms with E-state index in [1.165, 1.54) is 4.90 Å². The number of benzene rings is 1. The zero-order valence-corrected chi connectivity index (χ0v) is 14.8. The Balaban J connectivity index is 1.40. The van der Waals surface area contributed by atoms with E-state index in [9.17, 15) is 19.2 Å². The molecule has 3 rings (SSSR count). The van der Waals surface area contributed by atoms with Crippen LogP contribution in [0.3, 0.4) is 0 Å². The van der Waals surface area contributed by atoms with Crippen molar-refractivity contribution in [1.29, 1.82) is 0 Å². The maximum Gasteiger partial charge on any atom is 0.261 e. The number of carbonyl (C=O) groups is 4. The van der Waals surface area contributed by atoms with Crippen molar-refractivity contribution in [2.75, 3.05) is 13.1 Å². The molecule has 26 heavy (non-hydrogen) atoms. The molecule has 1 aliphatic heterocycles. The van der Waals surface area contributed by atoms with Crippen molar-refractivity contribution in [3.63, 3.8) is 0 Å². The highest BCUT2D eigenvalue weighted by Gasteiger charge is 2.34. The number of hydrogen-bond acceptors (Lipinski definition) is 4. The van der Waals surface area contributed by atoms with Crippen LogP contribution in [-0.2, 0) is 9.59 Å². The van der Waals surface area contributed by atoms with Gasteiger partial charge in [0.05, 0.1) is 11.1 Å². The fourth-order valence-corrected chi connectivity index (χ4v) is 3.11. The molecule has 7 heteroatoms. The number of amides is 4. The van der Waals surface area contributed by atoms with Crippen LogP contribution in [0, 0.1) is 6.92 Å². The number of fused-ring (bicyclic) bond motifs is 1. The lowest BCUT2D eigenvalue weighted by molar-refractivity contribution is -0.129. The third kappa shape index (κ3) is 3.92. The van der Waals surface area contributed by atoms with Gasteiger partial charge in [0.1, 0.15) is 6.42 Å². The normalized spacial score (nSPS) is 16.3. The second kappa shape index (κ2) is 7.68. The maximum absolute atomic E-state index is 12.3. The first-order valence-electron chi connectivity index (χ1n) is 8.98. The molecule has 0 spiro atoms. The van der Waals surface area contributed by atoms with Crippen molar-refractivity contribution >= 4 is 23.6 Å². The van der Waals surface area contributed by atoms with Crippen molar-refractivity contribution in [2.24, 2.45) is 0 Å². The molecule has 0 atom stereocenters. The second-order valence-corrected chi connectivity index (χ2v) is 6.89. The molecule has 138 valence electrons. The average molecular weight is 357 g/mol. The Labute approximate surface area is 152 Å². The van der Waals surface area contributed by atoms with Crippen molar-refractivity contribution in [3.05, 3.63) is 34.9 Å². The van der Waals surface area contributed by atoms with Crippen LogP contribution in [-0.4, -0.2) is 47.7 Å². The molecule has 0 unspecified atom stereocenters. The number of nitrogens with one attached hydrogen (secondary N) is 2. The first-order chi connectivity index (χ1) is 12.5. The van der Waals surface area contributed by atoms with Crippen molar-refractivity contribution in [1.82, 2.24) is 15.5 Å². The van der Waals surface area contributed by atoms with Crippen molar-refractivity contribution in [2.45, 2.75) is 45.1 Å². The van der Waals surface area contributed by atoms with Gasteiger partial charge in [-0.05, 0) is 44.7 Å². The van der Waals surface area contributed by atoms with Gasteiger partial charge in [-0.2, -0.15) is 0 Å². The van der Waals surface area contributed by atoms with Gasteiger partial charge >= 0.3 is 0 Å². The first-order valence-corrected chi connectivity index (χ1v) is 8.98. The van der Waals surface area contributed by atoms with Crippen LogP contribution in [0.5, 0.6) is 0 Å². The van der Waals surface area contributed by atoms with E-state index in [1.807, 2.05) is 13.0 Å². The number of hydrogen-bond donors (Lipinski definition) is 2. The van der Waals surface area contributed by atoms with Crippen LogP contribution in [0.25, 0.3) is 0 Å². The molecule has 1 saturated carbocycles. The largest absolute Gasteiger partial charge is 0.356 e. The number of aryl methyl sites for hydroxylation is 1. The second-order valence-electron chi connectivity index (χ2n) is 6.89. The lowest BCUT2D eigenvalue weighted by Crippen LogP contribution is -2.41. The molecule has 0 radical (unpaired) electrons. The molecular formula is C19H23N3O4. The van der Waals surface area contributed by atoms with E-state index in [0.717, 1.165) is 24.8 Å². The van der Waals surface area contributed by atoms with Gasteiger partial charge in [0, 0.05) is 19.1 Å². The van der Waals surface area contributed by atoms with E-state index >= 15 is 0 Å². The molecule has 4 amide bonds. The summed E-state index contributed by atoms with van der Waals surface area (Å²) in [5, 5.41) is 5.47. The van der Waals surface area contributed by atoms with E-state index in [1.54, 1.807) is 12.1 Å². The lowest BCUT2D eigenvalue weighted by Gasteiger charge is -2.26. The van der Waals surface area contributed by atoms with E-state index in [-0.39, 0.29) is 42.6 Å². The summed E-state index contributed by atoms with van der Waals surface area (Å²) in [6.07, 6.45) is 3.33. The fraction of sp³-hybridized carbons (Fsp3) is 0.474. The van der Waals surface area contributed by atoms with Crippen molar-refractivity contribution in [3.8, 4) is 0 Å². The quantitative estimate of drug-likeness (QED) is 0.435. The number of rotatable bonds is 7. The molecule has 7 nitrogen and oxygen atoms in total. The maximum atomic E-state index is 12.3. The van der Waals surface area contributed by atoms with Crippen LogP contribution in [0.15, 0.2) is 18.2 Å². The Morgan fingerprint density at radius 2 is 1.85 bits per heavy atom. The molecule has 1 aromatic carbocycles. The Bertz CT molecular complexity index is 755. The third-order valence-corrected chi connectivity index (χ3v) is 4.80. The van der Waals surface area contributed by atoms with Gasteiger partial charge < -0.3 is 10.6 Å². The molecule has 0 bridgehead atoms. The molecule has 2 N–H and O–H groups in total. The number of carbonyl (C=O) groups excluding carboxylic acids is 4. The minimum atomic E-state index is -0.347. The Morgan fingerprint density at radius 1 is 1.12 bits per heavy atom. The predicted molar refractivity (Wildman–Crippen MR) is 94.6 cm³/mol. The zero-order chi connectivity index (χ0) is 18.7. The van der Waals surface area contributed by atoms with E-state index < -0.39 is 0 Å². The molecule has 1 fully saturated rings. The van der Waals surface area contributed by atoms with E-state index in [0.29, 0.717) is 24.1 Å². The van der Waals surface area contributed by atoms with Crippen LogP contribution < -0.4 is 10.6 Å². The number of imide groups is 1. The zero-order valence-electron chi connectivity index (χ0n) is 14.8. The van der Waals surface area contributed by atoms with Crippen LogP contribution >= 0.6 is 0 Å². The highest BCUT2D eigenvalue weighted by atomic mass is 16.2. The van der Waals surface area contributed by atoms with Crippen LogP contribution in [0.2, 0.25) is 0 Å². The molecule has 1 heterocycles. The molecule has 1 aromatic rings. The lowest BCUT2D eigenvalue weighted by atomic mass is 9.93. The highest BCUT2D eigenvalue weighted by molar-refractivity contribution is 6.21. The predicted octanol–water partition coefficient (Wildman–Crippen LogP) is 1.16. The third-order valence-electron chi connectivity index (χ3n) is 4.80. The van der Waals surface area contributed by atoms with Gasteiger partial charge in [-0.1, -0.05) is 11.6 Å². The molecular weight excluding hydrogens is 334 g/mol. The van der Waals surface area contributed by atoms with Gasteiger partial charge in [-0.15, -0.1) is 0 Å². The summed E-state index contributed by atoms with van der Waals surface area (Å²) < 4.78 is 0. The van der Waals surface area contributed by atoms with Gasteiger partial charge in [0.15, 0.2) is 0 Å². The Morgan fingerprint density at radius 3 is 2.54 bits per heavy atom. The van der Waals surface area contributed by atoms with Gasteiger partial charge in [0.2, 0.25) is 11.8 Å². The summed E-state index contributed by atoms with van der Waals surface area (Å²) in [6, 6.07) is 5.42. The minimum Gasteiger partial charge on any atom is -0.356 e. The summed E-state index contributed by atoms with van der Waals surface area (Å²) in [5.41, 5.74) is 1.79.